The summed E-state index contributed by atoms with van der Waals surface area (Å²) in [5, 5.41) is 9.89. The van der Waals surface area contributed by atoms with E-state index in [1.807, 2.05) is 0 Å². The molecule has 0 bridgehead atoms. The minimum atomic E-state index is -1.04. The Morgan fingerprint density at radius 3 is 2.57 bits per heavy atom. The van der Waals surface area contributed by atoms with Crippen LogP contribution in [0.3, 0.4) is 0 Å². The van der Waals surface area contributed by atoms with Gasteiger partial charge in [0.1, 0.15) is 5.82 Å². The third kappa shape index (κ3) is 2.45. The van der Waals surface area contributed by atoms with Gasteiger partial charge in [0.2, 0.25) is 0 Å². The smallest absolute Gasteiger partial charge is 0.131 e. The lowest BCUT2D eigenvalue weighted by molar-refractivity contribution is 0.148. The minimum absolute atomic E-state index is 0.143. The summed E-state index contributed by atoms with van der Waals surface area (Å²) in [6.07, 6.45) is -1.04. The van der Waals surface area contributed by atoms with Crippen molar-refractivity contribution in [3.8, 4) is 0 Å². The zero-order valence-electron chi connectivity index (χ0n) is 7.47. The molecule has 2 nitrogen and oxygen atoms in total. The van der Waals surface area contributed by atoms with Gasteiger partial charge in [0.05, 0.1) is 6.10 Å². The fraction of sp³-hybridized carbons (Fsp3) is 0.333. The molecule has 0 aliphatic carbocycles. The first kappa shape index (κ1) is 11.9. The van der Waals surface area contributed by atoms with Crippen molar-refractivity contribution in [3.63, 3.8) is 0 Å². The molecule has 0 aliphatic heterocycles. The van der Waals surface area contributed by atoms with Gasteiger partial charge in [-0.05, 0) is 19.1 Å². The maximum atomic E-state index is 13.4. The van der Waals surface area contributed by atoms with Gasteiger partial charge < -0.3 is 10.8 Å². The van der Waals surface area contributed by atoms with Crippen molar-refractivity contribution in [3.05, 3.63) is 33.0 Å². The third-order valence-corrected chi connectivity index (χ3v) is 2.71. The lowest BCUT2D eigenvalue weighted by atomic mass is 10.0. The Labute approximate surface area is 95.0 Å². The zero-order valence-corrected chi connectivity index (χ0v) is 9.81. The Morgan fingerprint density at radius 2 is 2.14 bits per heavy atom. The van der Waals surface area contributed by atoms with E-state index in [4.69, 9.17) is 17.3 Å². The highest BCUT2D eigenvalue weighted by molar-refractivity contribution is 9.10. The summed E-state index contributed by atoms with van der Waals surface area (Å²) in [7, 11) is 0. The van der Waals surface area contributed by atoms with E-state index in [1.165, 1.54) is 6.07 Å². The number of hydrogen-bond donors (Lipinski definition) is 2. The van der Waals surface area contributed by atoms with Gasteiger partial charge in [0.15, 0.2) is 0 Å². The Kier molecular flexibility index (Phi) is 3.89. The molecule has 0 saturated heterocycles. The van der Waals surface area contributed by atoms with E-state index in [9.17, 15) is 9.50 Å². The second kappa shape index (κ2) is 4.57. The lowest BCUT2D eigenvalue weighted by Crippen LogP contribution is -2.25. The van der Waals surface area contributed by atoms with Crippen LogP contribution < -0.4 is 5.73 Å². The third-order valence-electron chi connectivity index (χ3n) is 1.84. The van der Waals surface area contributed by atoms with E-state index in [2.05, 4.69) is 15.9 Å². The molecule has 1 rings (SSSR count). The average molecular weight is 283 g/mol. The topological polar surface area (TPSA) is 46.2 Å². The van der Waals surface area contributed by atoms with Crippen LogP contribution in [0.2, 0.25) is 5.02 Å². The van der Waals surface area contributed by atoms with Gasteiger partial charge in [-0.15, -0.1) is 0 Å². The largest absolute Gasteiger partial charge is 0.387 e. The number of benzene rings is 1. The minimum Gasteiger partial charge on any atom is -0.387 e. The standard InChI is InChI=1S/C9H10BrClFNO/c1-4(13)9(14)8-6(10)2-5(11)3-7(8)12/h2-4,9,14H,13H2,1H3. The van der Waals surface area contributed by atoms with Gasteiger partial charge in [0.25, 0.3) is 0 Å². The fourth-order valence-corrected chi connectivity index (χ4v) is 2.11. The van der Waals surface area contributed by atoms with Crippen molar-refractivity contribution in [1.29, 1.82) is 0 Å². The first-order chi connectivity index (χ1) is 6.43. The molecule has 1 aromatic rings. The summed E-state index contributed by atoms with van der Waals surface area (Å²) in [5.41, 5.74) is 5.62. The summed E-state index contributed by atoms with van der Waals surface area (Å²) < 4.78 is 13.8. The molecule has 0 amide bonds. The summed E-state index contributed by atoms with van der Waals surface area (Å²) in [6.45, 7) is 1.60. The van der Waals surface area contributed by atoms with Crippen LogP contribution in [-0.2, 0) is 0 Å². The normalized spacial score (nSPS) is 15.3. The summed E-state index contributed by atoms with van der Waals surface area (Å²) >= 11 is 8.75. The number of rotatable bonds is 2. The van der Waals surface area contributed by atoms with E-state index >= 15 is 0 Å². The Balaban J connectivity index is 3.20. The number of halogens is 3. The monoisotopic (exact) mass is 281 g/mol. The molecular formula is C9H10BrClFNO. The molecule has 0 radical (unpaired) electrons. The quantitative estimate of drug-likeness (QED) is 0.876. The molecule has 0 fully saturated rings. The van der Waals surface area contributed by atoms with Gasteiger partial charge in [-0.25, -0.2) is 4.39 Å². The van der Waals surface area contributed by atoms with Crippen molar-refractivity contribution >= 4 is 27.5 Å². The van der Waals surface area contributed by atoms with Gasteiger partial charge in [-0.1, -0.05) is 27.5 Å². The first-order valence-electron chi connectivity index (χ1n) is 4.01. The van der Waals surface area contributed by atoms with E-state index in [1.54, 1.807) is 6.92 Å². The summed E-state index contributed by atoms with van der Waals surface area (Å²) in [6, 6.07) is 2.13. The number of hydrogen-bond acceptors (Lipinski definition) is 2. The Bertz CT molecular complexity index is 323. The van der Waals surface area contributed by atoms with Crippen LogP contribution in [0.1, 0.15) is 18.6 Å². The average Bonchev–Trinajstić information content (AvgIpc) is 2.01. The van der Waals surface area contributed by atoms with Crippen LogP contribution in [0.5, 0.6) is 0 Å². The summed E-state index contributed by atoms with van der Waals surface area (Å²) in [4.78, 5) is 0. The van der Waals surface area contributed by atoms with Crippen molar-refractivity contribution in [1.82, 2.24) is 0 Å². The molecule has 0 heterocycles. The predicted octanol–water partition coefficient (Wildman–Crippen LogP) is 2.62. The lowest BCUT2D eigenvalue weighted by Gasteiger charge is -2.17. The fourth-order valence-electron chi connectivity index (χ4n) is 1.10. The van der Waals surface area contributed by atoms with Crippen LogP contribution in [0.15, 0.2) is 16.6 Å². The SMILES string of the molecule is CC(N)C(O)c1c(F)cc(Cl)cc1Br. The molecule has 5 heteroatoms. The maximum Gasteiger partial charge on any atom is 0.131 e. The molecule has 1 aromatic carbocycles. The van der Waals surface area contributed by atoms with E-state index in [-0.39, 0.29) is 10.6 Å². The van der Waals surface area contributed by atoms with Crippen molar-refractivity contribution in [2.45, 2.75) is 19.1 Å². The van der Waals surface area contributed by atoms with Gasteiger partial charge >= 0.3 is 0 Å². The van der Waals surface area contributed by atoms with Gasteiger partial charge in [-0.2, -0.15) is 0 Å². The molecular weight excluding hydrogens is 272 g/mol. The molecule has 3 N–H and O–H groups in total. The van der Waals surface area contributed by atoms with Crippen molar-refractivity contribution < 1.29 is 9.50 Å². The predicted molar refractivity (Wildman–Crippen MR) is 57.7 cm³/mol. The van der Waals surface area contributed by atoms with Crippen LogP contribution in [0.25, 0.3) is 0 Å². The number of aliphatic hydroxyl groups is 1. The number of nitrogens with two attached hydrogens (primary N) is 1. The van der Waals surface area contributed by atoms with Crippen molar-refractivity contribution in [2.75, 3.05) is 0 Å². The zero-order chi connectivity index (χ0) is 10.9. The van der Waals surface area contributed by atoms with E-state index < -0.39 is 18.0 Å². The van der Waals surface area contributed by atoms with Crippen LogP contribution >= 0.6 is 27.5 Å². The molecule has 0 saturated carbocycles. The first-order valence-corrected chi connectivity index (χ1v) is 5.18. The van der Waals surface area contributed by atoms with Gasteiger partial charge in [-0.3, -0.25) is 0 Å². The molecule has 2 atom stereocenters. The molecule has 78 valence electrons. The second-order valence-corrected chi connectivity index (χ2v) is 4.38. The number of aliphatic hydroxyl groups excluding tert-OH is 1. The molecule has 0 aliphatic rings. The van der Waals surface area contributed by atoms with Crippen molar-refractivity contribution in [2.24, 2.45) is 5.73 Å². The highest BCUT2D eigenvalue weighted by atomic mass is 79.9. The molecule has 14 heavy (non-hydrogen) atoms. The Hall–Kier alpha value is -0.160. The molecule has 0 spiro atoms. The highest BCUT2D eigenvalue weighted by Crippen LogP contribution is 2.30. The highest BCUT2D eigenvalue weighted by Gasteiger charge is 2.20. The summed E-state index contributed by atoms with van der Waals surface area (Å²) in [5.74, 6) is -0.561. The molecule has 2 unspecified atom stereocenters. The van der Waals surface area contributed by atoms with Crippen LogP contribution in [-0.4, -0.2) is 11.1 Å². The Morgan fingerprint density at radius 1 is 1.57 bits per heavy atom. The van der Waals surface area contributed by atoms with Crippen LogP contribution in [0, 0.1) is 5.82 Å². The van der Waals surface area contributed by atoms with E-state index in [0.717, 1.165) is 6.07 Å². The second-order valence-electron chi connectivity index (χ2n) is 3.09. The molecule has 0 aromatic heterocycles. The van der Waals surface area contributed by atoms with Crippen LogP contribution in [0.4, 0.5) is 4.39 Å². The van der Waals surface area contributed by atoms with Gasteiger partial charge in [0, 0.05) is 21.1 Å². The maximum absolute atomic E-state index is 13.4. The van der Waals surface area contributed by atoms with E-state index in [0.29, 0.717) is 4.47 Å².